The van der Waals surface area contributed by atoms with Crippen molar-refractivity contribution in [1.29, 1.82) is 0 Å². The van der Waals surface area contributed by atoms with E-state index >= 15 is 0 Å². The fourth-order valence-electron chi connectivity index (χ4n) is 2.43. The van der Waals surface area contributed by atoms with Crippen LogP contribution in [-0.2, 0) is 4.79 Å². The molecule has 2 aromatic rings. The van der Waals surface area contributed by atoms with Crippen molar-refractivity contribution in [3.63, 3.8) is 0 Å². The second-order valence-electron chi connectivity index (χ2n) is 5.63. The second-order valence-corrected chi connectivity index (χ2v) is 5.63. The minimum absolute atomic E-state index is 0.0360. The van der Waals surface area contributed by atoms with Crippen molar-refractivity contribution in [1.82, 2.24) is 4.90 Å². The smallest absolute Gasteiger partial charge is 0.253 e. The lowest BCUT2D eigenvalue weighted by Gasteiger charge is -2.18. The molecule has 0 aliphatic rings. The molecule has 0 fully saturated rings. The molecule has 138 valence electrons. The van der Waals surface area contributed by atoms with Crippen LogP contribution in [0.15, 0.2) is 48.5 Å². The summed E-state index contributed by atoms with van der Waals surface area (Å²) in [5.41, 5.74) is 1.17. The summed E-state index contributed by atoms with van der Waals surface area (Å²) in [5, 5.41) is 2.73. The third-order valence-corrected chi connectivity index (χ3v) is 3.89. The maximum Gasteiger partial charge on any atom is 0.253 e. The Morgan fingerprint density at radius 3 is 2.31 bits per heavy atom. The van der Waals surface area contributed by atoms with Gasteiger partial charge in [0.25, 0.3) is 5.91 Å². The first-order chi connectivity index (χ1) is 12.5. The summed E-state index contributed by atoms with van der Waals surface area (Å²) in [7, 11) is 0. The Labute approximate surface area is 152 Å². The number of nitrogens with zero attached hydrogens (tertiary/aromatic N) is 1. The van der Waals surface area contributed by atoms with E-state index in [0.717, 1.165) is 0 Å². The highest BCUT2D eigenvalue weighted by molar-refractivity contribution is 5.95. The molecule has 0 saturated heterocycles. The Morgan fingerprint density at radius 1 is 1.04 bits per heavy atom. The molecule has 6 heteroatoms. The standard InChI is InChI=1S/C20H23FN2O3/c1-3-23(4-2)20(25)15-9-11-16(12-10-15)22-19(24)13-14-26-18-8-6-5-7-17(18)21/h5-12H,3-4,13-14H2,1-2H3,(H,22,24). The highest BCUT2D eigenvalue weighted by atomic mass is 19.1. The molecule has 0 aliphatic heterocycles. The highest BCUT2D eigenvalue weighted by Crippen LogP contribution is 2.16. The lowest BCUT2D eigenvalue weighted by Crippen LogP contribution is -2.30. The summed E-state index contributed by atoms with van der Waals surface area (Å²) < 4.78 is 18.7. The third-order valence-electron chi connectivity index (χ3n) is 3.89. The number of carbonyl (C=O) groups excluding carboxylic acids is 2. The molecule has 0 saturated carbocycles. The van der Waals surface area contributed by atoms with E-state index in [1.165, 1.54) is 12.1 Å². The maximum absolute atomic E-state index is 13.4. The number of hydrogen-bond acceptors (Lipinski definition) is 3. The number of anilines is 1. The van der Waals surface area contributed by atoms with Crippen molar-refractivity contribution >= 4 is 17.5 Å². The van der Waals surface area contributed by atoms with E-state index in [2.05, 4.69) is 5.32 Å². The average Bonchev–Trinajstić information content (AvgIpc) is 2.65. The van der Waals surface area contributed by atoms with Crippen LogP contribution in [0.1, 0.15) is 30.6 Å². The summed E-state index contributed by atoms with van der Waals surface area (Å²) in [6.45, 7) is 5.23. The zero-order valence-electron chi connectivity index (χ0n) is 15.0. The van der Waals surface area contributed by atoms with Gasteiger partial charge < -0.3 is 15.0 Å². The summed E-state index contributed by atoms with van der Waals surface area (Å²) in [6.07, 6.45) is 0.0917. The first kappa shape index (κ1) is 19.4. The van der Waals surface area contributed by atoms with Gasteiger partial charge in [-0.2, -0.15) is 0 Å². The monoisotopic (exact) mass is 358 g/mol. The SMILES string of the molecule is CCN(CC)C(=O)c1ccc(NC(=O)CCOc2ccccc2F)cc1. The highest BCUT2D eigenvalue weighted by Gasteiger charge is 2.12. The average molecular weight is 358 g/mol. The minimum Gasteiger partial charge on any atom is -0.490 e. The van der Waals surface area contributed by atoms with Crippen molar-refractivity contribution in [3.05, 3.63) is 59.9 Å². The zero-order valence-corrected chi connectivity index (χ0v) is 15.0. The van der Waals surface area contributed by atoms with Gasteiger partial charge in [0.1, 0.15) is 0 Å². The Hall–Kier alpha value is -2.89. The summed E-state index contributed by atoms with van der Waals surface area (Å²) in [4.78, 5) is 25.9. The van der Waals surface area contributed by atoms with Crippen LogP contribution in [0, 0.1) is 5.82 Å². The van der Waals surface area contributed by atoms with Crippen LogP contribution in [0.3, 0.4) is 0 Å². The summed E-state index contributed by atoms with van der Waals surface area (Å²) >= 11 is 0. The summed E-state index contributed by atoms with van der Waals surface area (Å²) in [5.74, 6) is -0.615. The van der Waals surface area contributed by atoms with Crippen molar-refractivity contribution in [3.8, 4) is 5.75 Å². The number of amides is 2. The number of carbonyl (C=O) groups is 2. The molecule has 2 amide bonds. The number of halogens is 1. The first-order valence-electron chi connectivity index (χ1n) is 8.61. The van der Waals surface area contributed by atoms with Gasteiger partial charge in [0, 0.05) is 24.3 Å². The molecule has 26 heavy (non-hydrogen) atoms. The molecule has 1 N–H and O–H groups in total. The Bertz CT molecular complexity index is 743. The second kappa shape index (κ2) is 9.56. The molecule has 2 rings (SSSR count). The number of nitrogens with one attached hydrogen (secondary N) is 1. The van der Waals surface area contributed by atoms with Gasteiger partial charge in [-0.25, -0.2) is 4.39 Å². The molecule has 0 spiro atoms. The van der Waals surface area contributed by atoms with Gasteiger partial charge >= 0.3 is 0 Å². The molecule has 0 aromatic heterocycles. The van der Waals surface area contributed by atoms with Gasteiger partial charge in [-0.15, -0.1) is 0 Å². The molecule has 0 atom stereocenters. The van der Waals surface area contributed by atoms with Crippen molar-refractivity contribution < 1.29 is 18.7 Å². The van der Waals surface area contributed by atoms with Gasteiger partial charge in [-0.3, -0.25) is 9.59 Å². The maximum atomic E-state index is 13.4. The fraction of sp³-hybridized carbons (Fsp3) is 0.300. The number of benzene rings is 2. The van der Waals surface area contributed by atoms with E-state index in [1.807, 2.05) is 13.8 Å². The molecule has 2 aromatic carbocycles. The number of para-hydroxylation sites is 1. The largest absolute Gasteiger partial charge is 0.490 e. The van der Waals surface area contributed by atoms with Gasteiger partial charge in [0.2, 0.25) is 5.91 Å². The minimum atomic E-state index is -0.457. The predicted molar refractivity (Wildman–Crippen MR) is 98.8 cm³/mol. The number of hydrogen-bond donors (Lipinski definition) is 1. The van der Waals surface area contributed by atoms with Gasteiger partial charge in [0.15, 0.2) is 11.6 Å². The molecule has 0 radical (unpaired) electrons. The Morgan fingerprint density at radius 2 is 1.69 bits per heavy atom. The van der Waals surface area contributed by atoms with Crippen LogP contribution in [0.5, 0.6) is 5.75 Å². The Balaban J connectivity index is 1.83. The molecule has 0 heterocycles. The number of rotatable bonds is 8. The molecular formula is C20H23FN2O3. The first-order valence-corrected chi connectivity index (χ1v) is 8.61. The van der Waals surface area contributed by atoms with Crippen molar-refractivity contribution in [2.45, 2.75) is 20.3 Å². The van der Waals surface area contributed by atoms with E-state index in [9.17, 15) is 14.0 Å². The van der Waals surface area contributed by atoms with Crippen LogP contribution in [0.2, 0.25) is 0 Å². The van der Waals surface area contributed by atoms with E-state index in [-0.39, 0.29) is 30.6 Å². The van der Waals surface area contributed by atoms with Gasteiger partial charge in [0.05, 0.1) is 13.0 Å². The van der Waals surface area contributed by atoms with Crippen LogP contribution >= 0.6 is 0 Å². The van der Waals surface area contributed by atoms with Gasteiger partial charge in [-0.1, -0.05) is 12.1 Å². The Kier molecular flexibility index (Phi) is 7.14. The van der Waals surface area contributed by atoms with E-state index < -0.39 is 5.82 Å². The molecule has 5 nitrogen and oxygen atoms in total. The van der Waals surface area contributed by atoms with E-state index in [1.54, 1.807) is 41.3 Å². The lowest BCUT2D eigenvalue weighted by atomic mass is 10.1. The zero-order chi connectivity index (χ0) is 18.9. The van der Waals surface area contributed by atoms with E-state index in [0.29, 0.717) is 24.3 Å². The third kappa shape index (κ3) is 5.31. The molecule has 0 aliphatic carbocycles. The van der Waals surface area contributed by atoms with Crippen LogP contribution in [0.25, 0.3) is 0 Å². The van der Waals surface area contributed by atoms with Crippen LogP contribution in [0.4, 0.5) is 10.1 Å². The molecular weight excluding hydrogens is 335 g/mol. The quantitative estimate of drug-likeness (QED) is 0.782. The van der Waals surface area contributed by atoms with Crippen LogP contribution < -0.4 is 10.1 Å². The van der Waals surface area contributed by atoms with Crippen molar-refractivity contribution in [2.24, 2.45) is 0 Å². The van der Waals surface area contributed by atoms with Gasteiger partial charge in [-0.05, 0) is 50.2 Å². The molecule has 0 unspecified atom stereocenters. The van der Waals surface area contributed by atoms with Crippen LogP contribution in [-0.4, -0.2) is 36.4 Å². The van der Waals surface area contributed by atoms with Crippen molar-refractivity contribution in [2.75, 3.05) is 25.0 Å². The lowest BCUT2D eigenvalue weighted by molar-refractivity contribution is -0.116. The predicted octanol–water partition coefficient (Wildman–Crippen LogP) is 3.72. The normalized spacial score (nSPS) is 10.3. The molecule has 0 bridgehead atoms. The summed E-state index contributed by atoms with van der Waals surface area (Å²) in [6, 6.07) is 12.8. The van der Waals surface area contributed by atoms with E-state index in [4.69, 9.17) is 4.74 Å². The fourth-order valence-corrected chi connectivity index (χ4v) is 2.43. The topological polar surface area (TPSA) is 58.6 Å². The number of ether oxygens (including phenoxy) is 1.